The van der Waals surface area contributed by atoms with E-state index < -0.39 is 0 Å². The molecule has 0 aliphatic carbocycles. The van der Waals surface area contributed by atoms with Crippen molar-refractivity contribution in [2.24, 2.45) is 0 Å². The molecule has 0 saturated carbocycles. The predicted octanol–water partition coefficient (Wildman–Crippen LogP) is 0.742. The van der Waals surface area contributed by atoms with Gasteiger partial charge in [-0.25, -0.2) is 4.98 Å². The average molecular weight is 280 g/mol. The number of rotatable bonds is 2. The van der Waals surface area contributed by atoms with Gasteiger partial charge in [-0.1, -0.05) is 0 Å². The Hall–Kier alpha value is -3.29. The van der Waals surface area contributed by atoms with Crippen LogP contribution in [0.25, 0.3) is 22.5 Å². The van der Waals surface area contributed by atoms with Crippen molar-refractivity contribution in [3.8, 4) is 22.5 Å². The van der Waals surface area contributed by atoms with Crippen molar-refractivity contribution in [2.45, 2.75) is 0 Å². The summed E-state index contributed by atoms with van der Waals surface area (Å²) < 4.78 is 0. The van der Waals surface area contributed by atoms with Crippen LogP contribution < -0.4 is 17.2 Å². The molecule has 3 aromatic heterocycles. The first kappa shape index (κ1) is 12.7. The molecule has 0 atom stereocenters. The van der Waals surface area contributed by atoms with E-state index in [1.54, 1.807) is 37.2 Å². The molecule has 6 N–H and O–H groups in total. The zero-order valence-electron chi connectivity index (χ0n) is 10.9. The smallest absolute Gasteiger partial charge is 0.137 e. The van der Waals surface area contributed by atoms with Crippen LogP contribution in [0.3, 0.4) is 0 Å². The lowest BCUT2D eigenvalue weighted by Gasteiger charge is -2.14. The largest absolute Gasteiger partial charge is 0.397 e. The van der Waals surface area contributed by atoms with Crippen molar-refractivity contribution in [1.29, 1.82) is 0 Å². The van der Waals surface area contributed by atoms with E-state index in [0.29, 0.717) is 28.2 Å². The minimum atomic E-state index is 0.193. The normalized spacial score (nSPS) is 10.5. The SMILES string of the molecule is Nc1nc(N)c(-c2cnccn2)c(N)c1-c1cnccn1. The summed E-state index contributed by atoms with van der Waals surface area (Å²) in [5.41, 5.74) is 20.4. The van der Waals surface area contributed by atoms with E-state index in [1.807, 2.05) is 0 Å². The molecule has 0 spiro atoms. The first-order chi connectivity index (χ1) is 10.2. The summed E-state index contributed by atoms with van der Waals surface area (Å²) in [6, 6.07) is 0. The first-order valence-corrected chi connectivity index (χ1v) is 6.05. The zero-order valence-corrected chi connectivity index (χ0v) is 10.9. The van der Waals surface area contributed by atoms with Crippen molar-refractivity contribution in [3.05, 3.63) is 37.2 Å². The maximum Gasteiger partial charge on any atom is 0.137 e. The van der Waals surface area contributed by atoms with Crippen molar-refractivity contribution in [2.75, 3.05) is 17.2 Å². The van der Waals surface area contributed by atoms with Crippen molar-refractivity contribution < 1.29 is 0 Å². The number of nitrogens with two attached hydrogens (primary N) is 3. The predicted molar refractivity (Wildman–Crippen MR) is 79.5 cm³/mol. The lowest BCUT2D eigenvalue weighted by molar-refractivity contribution is 1.19. The quantitative estimate of drug-likeness (QED) is 0.623. The van der Waals surface area contributed by atoms with Crippen LogP contribution in [0.1, 0.15) is 0 Å². The summed E-state index contributed by atoms with van der Waals surface area (Å²) in [6.07, 6.45) is 9.33. The van der Waals surface area contributed by atoms with Gasteiger partial charge in [0, 0.05) is 24.8 Å². The summed E-state index contributed by atoms with van der Waals surface area (Å²) in [4.78, 5) is 20.5. The Labute approximate surface area is 120 Å². The standard InChI is InChI=1S/C13H12N8/c14-11-9(7-5-17-1-3-19-7)12(15)21-13(16)10(11)8-6-18-2-4-20-8/h1-6H,(H6,14,15,16,21). The number of pyridine rings is 1. The highest BCUT2D eigenvalue weighted by molar-refractivity contribution is 5.96. The van der Waals surface area contributed by atoms with Gasteiger partial charge in [-0.3, -0.25) is 19.9 Å². The molecule has 0 aliphatic rings. The second-order valence-electron chi connectivity index (χ2n) is 4.23. The molecule has 0 aliphatic heterocycles. The summed E-state index contributed by atoms with van der Waals surface area (Å²) in [5.74, 6) is 0.385. The summed E-state index contributed by atoms with van der Waals surface area (Å²) in [7, 11) is 0. The number of nitrogen functional groups attached to an aromatic ring is 3. The average Bonchev–Trinajstić information content (AvgIpc) is 2.49. The van der Waals surface area contributed by atoms with Crippen LogP contribution in [0.15, 0.2) is 37.2 Å². The Kier molecular flexibility index (Phi) is 3.03. The van der Waals surface area contributed by atoms with Crippen LogP contribution in [-0.2, 0) is 0 Å². The van der Waals surface area contributed by atoms with E-state index in [1.165, 1.54) is 0 Å². The summed E-state index contributed by atoms with van der Waals surface area (Å²) >= 11 is 0. The topological polar surface area (TPSA) is 143 Å². The van der Waals surface area contributed by atoms with E-state index in [4.69, 9.17) is 17.2 Å². The molecule has 3 heterocycles. The molecule has 0 unspecified atom stereocenters. The second-order valence-corrected chi connectivity index (χ2v) is 4.23. The molecule has 8 heteroatoms. The van der Waals surface area contributed by atoms with Gasteiger partial charge in [0.15, 0.2) is 0 Å². The molecule has 8 nitrogen and oxygen atoms in total. The molecule has 21 heavy (non-hydrogen) atoms. The Bertz CT molecular complexity index is 709. The molecule has 0 fully saturated rings. The summed E-state index contributed by atoms with van der Waals surface area (Å²) in [6.45, 7) is 0. The molecule has 0 aromatic carbocycles. The van der Waals surface area contributed by atoms with Crippen LogP contribution in [-0.4, -0.2) is 24.9 Å². The molecule has 3 aromatic rings. The van der Waals surface area contributed by atoms with Crippen molar-refractivity contribution in [1.82, 2.24) is 24.9 Å². The maximum atomic E-state index is 6.21. The molecular weight excluding hydrogens is 268 g/mol. The highest BCUT2D eigenvalue weighted by atomic mass is 15.0. The van der Waals surface area contributed by atoms with Crippen LogP contribution in [0.4, 0.5) is 17.3 Å². The number of aromatic nitrogens is 5. The van der Waals surface area contributed by atoms with Gasteiger partial charge in [0.1, 0.15) is 11.6 Å². The van der Waals surface area contributed by atoms with Gasteiger partial charge >= 0.3 is 0 Å². The lowest BCUT2D eigenvalue weighted by Crippen LogP contribution is -2.07. The highest BCUT2D eigenvalue weighted by Gasteiger charge is 2.19. The van der Waals surface area contributed by atoms with E-state index in [0.717, 1.165) is 0 Å². The number of hydrogen-bond acceptors (Lipinski definition) is 8. The van der Waals surface area contributed by atoms with Crippen LogP contribution in [0.5, 0.6) is 0 Å². The number of nitrogens with zero attached hydrogens (tertiary/aromatic N) is 5. The van der Waals surface area contributed by atoms with Crippen LogP contribution >= 0.6 is 0 Å². The molecule has 3 rings (SSSR count). The van der Waals surface area contributed by atoms with E-state index >= 15 is 0 Å². The van der Waals surface area contributed by atoms with Gasteiger partial charge in [0.2, 0.25) is 0 Å². The lowest BCUT2D eigenvalue weighted by atomic mass is 10.0. The maximum absolute atomic E-state index is 6.21. The van der Waals surface area contributed by atoms with Crippen LogP contribution in [0.2, 0.25) is 0 Å². The fourth-order valence-corrected chi connectivity index (χ4v) is 2.04. The van der Waals surface area contributed by atoms with Crippen molar-refractivity contribution >= 4 is 17.3 Å². The van der Waals surface area contributed by atoms with E-state index in [9.17, 15) is 0 Å². The Morgan fingerprint density at radius 1 is 0.667 bits per heavy atom. The van der Waals surface area contributed by atoms with Gasteiger partial charge in [0.25, 0.3) is 0 Å². The Morgan fingerprint density at radius 3 is 1.52 bits per heavy atom. The first-order valence-electron chi connectivity index (χ1n) is 6.05. The van der Waals surface area contributed by atoms with Gasteiger partial charge in [-0.05, 0) is 0 Å². The number of hydrogen-bond donors (Lipinski definition) is 3. The number of anilines is 3. The molecular formula is C13H12N8. The van der Waals surface area contributed by atoms with Crippen LogP contribution in [0, 0.1) is 0 Å². The third-order valence-corrected chi connectivity index (χ3v) is 2.93. The Balaban J connectivity index is 2.29. The third-order valence-electron chi connectivity index (χ3n) is 2.93. The van der Waals surface area contributed by atoms with Gasteiger partial charge in [-0.15, -0.1) is 0 Å². The second kappa shape index (κ2) is 5.00. The van der Waals surface area contributed by atoms with E-state index in [2.05, 4.69) is 24.9 Å². The highest BCUT2D eigenvalue weighted by Crippen LogP contribution is 2.38. The van der Waals surface area contributed by atoms with Gasteiger partial charge < -0.3 is 17.2 Å². The zero-order chi connectivity index (χ0) is 14.8. The van der Waals surface area contributed by atoms with Gasteiger partial charge in [-0.2, -0.15) is 0 Å². The minimum absolute atomic E-state index is 0.193. The minimum Gasteiger partial charge on any atom is -0.397 e. The Morgan fingerprint density at radius 2 is 1.14 bits per heavy atom. The molecule has 0 bridgehead atoms. The molecule has 0 saturated heterocycles. The molecule has 104 valence electrons. The van der Waals surface area contributed by atoms with Crippen molar-refractivity contribution in [3.63, 3.8) is 0 Å². The fraction of sp³-hybridized carbons (Fsp3) is 0. The summed E-state index contributed by atoms with van der Waals surface area (Å²) in [5, 5.41) is 0. The third kappa shape index (κ3) is 2.18. The molecule has 0 amide bonds. The monoisotopic (exact) mass is 280 g/mol. The fourth-order valence-electron chi connectivity index (χ4n) is 2.04. The van der Waals surface area contributed by atoms with E-state index in [-0.39, 0.29) is 11.6 Å². The van der Waals surface area contributed by atoms with Gasteiger partial charge in [0.05, 0.1) is 40.6 Å². The molecule has 0 radical (unpaired) electrons.